The van der Waals surface area contributed by atoms with Crippen molar-refractivity contribution in [3.05, 3.63) is 18.2 Å². The third kappa shape index (κ3) is 3.52. The Hall–Kier alpha value is -1.59. The molecule has 3 nitrogen and oxygen atoms in total. The first kappa shape index (κ1) is 12.5. The molecule has 0 radical (unpaired) electrons. The zero-order valence-electron chi connectivity index (χ0n) is 9.01. The van der Waals surface area contributed by atoms with Gasteiger partial charge in [-0.2, -0.15) is 13.2 Å². The summed E-state index contributed by atoms with van der Waals surface area (Å²) >= 11 is 0. The van der Waals surface area contributed by atoms with Crippen molar-refractivity contribution in [3.8, 4) is 5.75 Å². The predicted octanol–water partition coefficient (Wildman–Crippen LogP) is 2.28. The Morgan fingerprint density at radius 3 is 2.38 bits per heavy atom. The first-order chi connectivity index (χ1) is 7.29. The summed E-state index contributed by atoms with van der Waals surface area (Å²) in [6, 6.07) is 4.63. The fourth-order valence-electron chi connectivity index (χ4n) is 1.11. The predicted molar refractivity (Wildman–Crippen MR) is 56.7 cm³/mol. The summed E-state index contributed by atoms with van der Waals surface area (Å²) in [7, 11) is 3.62. The second-order valence-corrected chi connectivity index (χ2v) is 3.52. The van der Waals surface area contributed by atoms with Crippen LogP contribution in [0.1, 0.15) is 0 Å². The zero-order valence-corrected chi connectivity index (χ0v) is 9.01. The standard InChI is InChI=1S/C10H13F3N2O/c1-15(2)7-3-4-9(8(14)5-7)16-6-10(11,12)13/h3-5H,6,14H2,1-2H3. The van der Waals surface area contributed by atoms with Crippen LogP contribution in [0.5, 0.6) is 5.75 Å². The quantitative estimate of drug-likeness (QED) is 0.815. The summed E-state index contributed by atoms with van der Waals surface area (Å²) in [5, 5.41) is 0. The van der Waals surface area contributed by atoms with E-state index < -0.39 is 12.8 Å². The van der Waals surface area contributed by atoms with Crippen molar-refractivity contribution in [2.24, 2.45) is 0 Å². The molecule has 0 unspecified atom stereocenters. The molecule has 0 amide bonds. The van der Waals surface area contributed by atoms with Crippen LogP contribution in [-0.4, -0.2) is 26.9 Å². The van der Waals surface area contributed by atoms with Gasteiger partial charge in [0, 0.05) is 19.8 Å². The van der Waals surface area contributed by atoms with Gasteiger partial charge in [0.15, 0.2) is 6.61 Å². The van der Waals surface area contributed by atoms with Gasteiger partial charge in [0.2, 0.25) is 0 Å². The van der Waals surface area contributed by atoms with Crippen molar-refractivity contribution < 1.29 is 17.9 Å². The SMILES string of the molecule is CN(C)c1ccc(OCC(F)(F)F)c(N)c1. The molecular weight excluding hydrogens is 221 g/mol. The van der Waals surface area contributed by atoms with E-state index in [9.17, 15) is 13.2 Å². The van der Waals surface area contributed by atoms with Gasteiger partial charge in [-0.05, 0) is 18.2 Å². The van der Waals surface area contributed by atoms with Gasteiger partial charge in [0.1, 0.15) is 5.75 Å². The molecule has 0 atom stereocenters. The van der Waals surface area contributed by atoms with E-state index in [-0.39, 0.29) is 11.4 Å². The molecule has 16 heavy (non-hydrogen) atoms. The summed E-state index contributed by atoms with van der Waals surface area (Å²) < 4.78 is 40.3. The van der Waals surface area contributed by atoms with Gasteiger partial charge in [0.05, 0.1) is 5.69 Å². The largest absolute Gasteiger partial charge is 0.482 e. The molecule has 2 N–H and O–H groups in total. The first-order valence-corrected chi connectivity index (χ1v) is 4.56. The fraction of sp³-hybridized carbons (Fsp3) is 0.400. The van der Waals surface area contributed by atoms with Crippen molar-refractivity contribution >= 4 is 11.4 Å². The van der Waals surface area contributed by atoms with Crippen molar-refractivity contribution in [1.82, 2.24) is 0 Å². The molecule has 0 bridgehead atoms. The van der Waals surface area contributed by atoms with Crippen LogP contribution < -0.4 is 15.4 Å². The topological polar surface area (TPSA) is 38.5 Å². The highest BCUT2D eigenvalue weighted by molar-refractivity contribution is 5.62. The van der Waals surface area contributed by atoms with E-state index >= 15 is 0 Å². The number of nitrogens with two attached hydrogens (primary N) is 1. The van der Waals surface area contributed by atoms with E-state index in [1.807, 2.05) is 14.1 Å². The zero-order chi connectivity index (χ0) is 12.3. The van der Waals surface area contributed by atoms with Gasteiger partial charge >= 0.3 is 6.18 Å². The van der Waals surface area contributed by atoms with E-state index in [1.165, 1.54) is 6.07 Å². The van der Waals surface area contributed by atoms with E-state index in [1.54, 1.807) is 17.0 Å². The van der Waals surface area contributed by atoms with Crippen LogP contribution in [-0.2, 0) is 0 Å². The Labute approximate surface area is 91.6 Å². The maximum absolute atomic E-state index is 11.9. The molecule has 0 spiro atoms. The smallest absolute Gasteiger partial charge is 0.422 e. The van der Waals surface area contributed by atoms with Crippen LogP contribution in [0.3, 0.4) is 0 Å². The average Bonchev–Trinajstić information content (AvgIpc) is 2.14. The van der Waals surface area contributed by atoms with Gasteiger partial charge in [-0.1, -0.05) is 0 Å². The number of halogens is 3. The third-order valence-electron chi connectivity index (χ3n) is 1.90. The summed E-state index contributed by atoms with van der Waals surface area (Å²) in [4.78, 5) is 1.80. The molecule has 0 aromatic heterocycles. The summed E-state index contributed by atoms with van der Waals surface area (Å²) in [5.74, 6) is 0.0444. The highest BCUT2D eigenvalue weighted by atomic mass is 19.4. The first-order valence-electron chi connectivity index (χ1n) is 4.56. The van der Waals surface area contributed by atoms with Crippen LogP contribution in [0.2, 0.25) is 0 Å². The molecule has 0 aliphatic carbocycles. The number of anilines is 2. The van der Waals surface area contributed by atoms with E-state index in [0.717, 1.165) is 5.69 Å². The average molecular weight is 234 g/mol. The lowest BCUT2D eigenvalue weighted by Gasteiger charge is -2.15. The van der Waals surface area contributed by atoms with E-state index in [2.05, 4.69) is 4.74 Å². The Morgan fingerprint density at radius 1 is 1.31 bits per heavy atom. The number of nitrogens with zero attached hydrogens (tertiary/aromatic N) is 1. The molecule has 0 heterocycles. The number of hydrogen-bond acceptors (Lipinski definition) is 3. The summed E-state index contributed by atoms with van der Waals surface area (Å²) in [5.41, 5.74) is 6.56. The molecular formula is C10H13F3N2O. The van der Waals surface area contributed by atoms with Crippen LogP contribution in [0, 0.1) is 0 Å². The summed E-state index contributed by atoms with van der Waals surface area (Å²) in [6.45, 7) is -1.33. The van der Waals surface area contributed by atoms with E-state index in [4.69, 9.17) is 5.73 Å². The van der Waals surface area contributed by atoms with Gasteiger partial charge in [-0.15, -0.1) is 0 Å². The molecule has 0 fully saturated rings. The number of ether oxygens (including phenoxy) is 1. The van der Waals surface area contributed by atoms with Crippen LogP contribution >= 0.6 is 0 Å². The molecule has 0 aliphatic rings. The maximum atomic E-state index is 11.9. The molecule has 1 aromatic carbocycles. The molecule has 0 saturated carbocycles. The lowest BCUT2D eigenvalue weighted by molar-refractivity contribution is -0.153. The second-order valence-electron chi connectivity index (χ2n) is 3.52. The van der Waals surface area contributed by atoms with Crippen molar-refractivity contribution in [1.29, 1.82) is 0 Å². The molecule has 0 aliphatic heterocycles. The normalized spacial score (nSPS) is 11.3. The molecule has 90 valence electrons. The number of hydrogen-bond donors (Lipinski definition) is 1. The van der Waals surface area contributed by atoms with Crippen LogP contribution in [0.4, 0.5) is 24.5 Å². The van der Waals surface area contributed by atoms with Gasteiger partial charge in [0.25, 0.3) is 0 Å². The van der Waals surface area contributed by atoms with Crippen LogP contribution in [0.25, 0.3) is 0 Å². The van der Waals surface area contributed by atoms with Crippen molar-refractivity contribution in [2.45, 2.75) is 6.18 Å². The lowest BCUT2D eigenvalue weighted by Crippen LogP contribution is -2.19. The molecule has 0 saturated heterocycles. The monoisotopic (exact) mass is 234 g/mol. The minimum absolute atomic E-state index is 0.0444. The molecule has 1 aromatic rings. The summed E-state index contributed by atoms with van der Waals surface area (Å²) in [6.07, 6.45) is -4.35. The van der Waals surface area contributed by atoms with Crippen LogP contribution in [0.15, 0.2) is 18.2 Å². The van der Waals surface area contributed by atoms with E-state index in [0.29, 0.717) is 0 Å². The molecule has 6 heteroatoms. The van der Waals surface area contributed by atoms with Gasteiger partial charge in [-0.25, -0.2) is 0 Å². The maximum Gasteiger partial charge on any atom is 0.422 e. The Morgan fingerprint density at radius 2 is 1.94 bits per heavy atom. The lowest BCUT2D eigenvalue weighted by atomic mass is 10.2. The highest BCUT2D eigenvalue weighted by Crippen LogP contribution is 2.27. The second kappa shape index (κ2) is 4.51. The highest BCUT2D eigenvalue weighted by Gasteiger charge is 2.28. The Kier molecular flexibility index (Phi) is 3.51. The van der Waals surface area contributed by atoms with Gasteiger partial charge in [-0.3, -0.25) is 0 Å². The Bertz CT molecular complexity index is 364. The number of benzene rings is 1. The minimum atomic E-state index is -4.35. The van der Waals surface area contributed by atoms with Crippen molar-refractivity contribution in [2.75, 3.05) is 31.3 Å². The Balaban J connectivity index is 2.76. The number of alkyl halides is 3. The third-order valence-corrected chi connectivity index (χ3v) is 1.90. The minimum Gasteiger partial charge on any atom is -0.482 e. The number of nitrogen functional groups attached to an aromatic ring is 1. The van der Waals surface area contributed by atoms with Gasteiger partial charge < -0.3 is 15.4 Å². The van der Waals surface area contributed by atoms with Crippen molar-refractivity contribution in [3.63, 3.8) is 0 Å². The molecule has 1 rings (SSSR count). The fourth-order valence-corrected chi connectivity index (χ4v) is 1.11. The number of rotatable bonds is 3.